The first kappa shape index (κ1) is 40.6. The molecule has 4 aromatic carbocycles. The van der Waals surface area contributed by atoms with E-state index in [4.69, 9.17) is 42.1 Å². The minimum Gasteiger partial charge on any atom is -0.489 e. The first-order valence-electron chi connectivity index (χ1n) is 19.5. The fourth-order valence-electron chi connectivity index (χ4n) is 7.35. The van der Waals surface area contributed by atoms with Crippen molar-refractivity contribution in [2.75, 3.05) is 6.61 Å². The van der Waals surface area contributed by atoms with Gasteiger partial charge in [-0.2, -0.15) is 0 Å². The minimum absolute atomic E-state index is 0.0923. The average molecular weight is 846 g/mol. The number of rotatable bonds is 13. The van der Waals surface area contributed by atoms with E-state index >= 15 is 0 Å². The number of carbonyl (C=O) groups excluding carboxylic acids is 1. The van der Waals surface area contributed by atoms with E-state index in [2.05, 4.69) is 15.3 Å². The van der Waals surface area contributed by atoms with Crippen molar-refractivity contribution >= 4 is 35.1 Å². The number of nitrogens with one attached hydrogen (secondary N) is 1. The predicted octanol–water partition coefficient (Wildman–Crippen LogP) is 9.02. The molecule has 0 spiro atoms. The highest BCUT2D eigenvalue weighted by atomic mass is 35.5. The zero-order chi connectivity index (χ0) is 41.8. The number of amides is 1. The molecular weight excluding hydrogens is 803 g/mol. The SMILES string of the molecule is Cc1nccc(Oc2ccc(CC(NC(=O)C3Cc4cc5c(cc4CN3Cc3cccnc3)OC(c3ccc(OCc4ccc(Cl)c(Cl)c4)cc3)CO5)C(=O)O)cc2)c1C. The Balaban J connectivity index is 0.948. The van der Waals surface area contributed by atoms with Gasteiger partial charge in [0.25, 0.3) is 0 Å². The number of pyridine rings is 2. The Morgan fingerprint density at radius 3 is 2.40 bits per heavy atom. The molecule has 0 saturated heterocycles. The molecule has 13 heteroatoms. The van der Waals surface area contributed by atoms with Crippen molar-refractivity contribution in [1.29, 1.82) is 0 Å². The van der Waals surface area contributed by atoms with Gasteiger partial charge in [-0.05, 0) is 114 Å². The normalized spacial score (nSPS) is 16.3. The second kappa shape index (κ2) is 18.0. The first-order chi connectivity index (χ1) is 29.1. The molecule has 0 aliphatic carbocycles. The number of ether oxygens (including phenoxy) is 4. The summed E-state index contributed by atoms with van der Waals surface area (Å²) in [5.74, 6) is 1.72. The third kappa shape index (κ3) is 9.50. The summed E-state index contributed by atoms with van der Waals surface area (Å²) in [5, 5.41) is 14.1. The number of carboxylic acid groups (broad SMARTS) is 1. The van der Waals surface area contributed by atoms with Crippen LogP contribution < -0.4 is 24.3 Å². The van der Waals surface area contributed by atoms with Crippen molar-refractivity contribution in [2.45, 2.75) is 64.6 Å². The number of halogens is 2. The largest absolute Gasteiger partial charge is 0.489 e. The summed E-state index contributed by atoms with van der Waals surface area (Å²) in [7, 11) is 0. The van der Waals surface area contributed by atoms with Crippen LogP contribution in [-0.2, 0) is 42.1 Å². The number of carbonyl (C=O) groups is 2. The van der Waals surface area contributed by atoms with E-state index in [1.54, 1.807) is 48.9 Å². The van der Waals surface area contributed by atoms with E-state index in [0.717, 1.165) is 44.6 Å². The van der Waals surface area contributed by atoms with E-state index < -0.39 is 18.1 Å². The molecule has 3 unspecified atom stereocenters. The smallest absolute Gasteiger partial charge is 0.326 e. The number of fused-ring (bicyclic) bond motifs is 2. The molecule has 0 saturated carbocycles. The molecule has 2 aliphatic heterocycles. The van der Waals surface area contributed by atoms with Gasteiger partial charge in [-0.15, -0.1) is 0 Å². The van der Waals surface area contributed by atoms with E-state index in [9.17, 15) is 14.7 Å². The summed E-state index contributed by atoms with van der Waals surface area (Å²) in [6, 6.07) is 28.1. The highest BCUT2D eigenvalue weighted by molar-refractivity contribution is 6.42. The molecule has 0 radical (unpaired) electrons. The molecule has 6 aromatic rings. The van der Waals surface area contributed by atoms with Crippen LogP contribution >= 0.6 is 23.2 Å². The van der Waals surface area contributed by atoms with Crippen molar-refractivity contribution in [3.8, 4) is 28.7 Å². The fourth-order valence-corrected chi connectivity index (χ4v) is 7.67. The van der Waals surface area contributed by atoms with Crippen LogP contribution in [-0.4, -0.2) is 50.5 Å². The maximum absolute atomic E-state index is 14.1. The summed E-state index contributed by atoms with van der Waals surface area (Å²) in [4.78, 5) is 37.3. The molecule has 306 valence electrons. The first-order valence-corrected chi connectivity index (χ1v) is 20.3. The Morgan fingerprint density at radius 2 is 1.65 bits per heavy atom. The number of benzene rings is 4. The monoisotopic (exact) mass is 844 g/mol. The van der Waals surface area contributed by atoms with Gasteiger partial charge in [0.05, 0.1) is 16.1 Å². The minimum atomic E-state index is -1.16. The van der Waals surface area contributed by atoms with Gasteiger partial charge in [0.2, 0.25) is 5.91 Å². The van der Waals surface area contributed by atoms with E-state index in [1.807, 2.05) is 85.5 Å². The van der Waals surface area contributed by atoms with Crippen LogP contribution in [0.4, 0.5) is 0 Å². The summed E-state index contributed by atoms with van der Waals surface area (Å²) in [5.41, 5.74) is 7.25. The Kier molecular flexibility index (Phi) is 12.2. The molecule has 3 atom stereocenters. The van der Waals surface area contributed by atoms with Crippen molar-refractivity contribution in [2.24, 2.45) is 0 Å². The third-order valence-electron chi connectivity index (χ3n) is 10.8. The molecule has 60 heavy (non-hydrogen) atoms. The van der Waals surface area contributed by atoms with Gasteiger partial charge >= 0.3 is 5.97 Å². The molecule has 2 aliphatic rings. The van der Waals surface area contributed by atoms with Crippen LogP contribution in [0.15, 0.2) is 116 Å². The van der Waals surface area contributed by atoms with Gasteiger partial charge in [0.1, 0.15) is 36.5 Å². The molecule has 0 bridgehead atoms. The van der Waals surface area contributed by atoms with E-state index in [0.29, 0.717) is 71.5 Å². The van der Waals surface area contributed by atoms with Crippen LogP contribution in [0.2, 0.25) is 10.0 Å². The molecule has 4 heterocycles. The third-order valence-corrected chi connectivity index (χ3v) is 11.6. The van der Waals surface area contributed by atoms with Gasteiger partial charge in [-0.25, -0.2) is 4.79 Å². The quantitative estimate of drug-likeness (QED) is 0.116. The predicted molar refractivity (Wildman–Crippen MR) is 227 cm³/mol. The van der Waals surface area contributed by atoms with Gasteiger partial charge in [0, 0.05) is 49.4 Å². The maximum Gasteiger partial charge on any atom is 0.326 e. The number of nitrogens with zero attached hydrogens (tertiary/aromatic N) is 3. The number of aromatic nitrogens is 2. The van der Waals surface area contributed by atoms with Gasteiger partial charge < -0.3 is 29.4 Å². The van der Waals surface area contributed by atoms with Crippen molar-refractivity contribution in [3.63, 3.8) is 0 Å². The molecule has 1 amide bonds. The lowest BCUT2D eigenvalue weighted by molar-refractivity contribution is -0.142. The fraction of sp³-hybridized carbons (Fsp3) is 0.234. The van der Waals surface area contributed by atoms with Gasteiger partial charge in [0.15, 0.2) is 17.6 Å². The standard InChI is InChI=1S/C47H42Cl2N4O7/c1-28-29(2)51-17-15-42(28)59-37-10-5-30(6-11-37)19-40(47(55)56)52-46(54)41-20-34-21-43-44(22-35(34)25-53(41)24-32-4-3-16-50-23-32)60-45(27-58-43)33-8-12-36(13-9-33)57-26-31-7-14-38(48)39(49)18-31/h3-18,21-23,40-41,45H,19-20,24-27H2,1-2H3,(H,52,54)(H,55,56). The Bertz CT molecular complexity index is 2500. The van der Waals surface area contributed by atoms with Crippen molar-refractivity contribution in [1.82, 2.24) is 20.2 Å². The van der Waals surface area contributed by atoms with Gasteiger partial charge in [-0.1, -0.05) is 59.6 Å². The lowest BCUT2D eigenvalue weighted by atomic mass is 9.91. The average Bonchev–Trinajstić information content (AvgIpc) is 3.25. The molecule has 2 aromatic heterocycles. The topological polar surface area (TPSA) is 132 Å². The Morgan fingerprint density at radius 1 is 0.883 bits per heavy atom. The maximum atomic E-state index is 14.1. The van der Waals surface area contributed by atoms with Crippen LogP contribution in [0.5, 0.6) is 28.7 Å². The lowest BCUT2D eigenvalue weighted by Gasteiger charge is -2.37. The van der Waals surface area contributed by atoms with Crippen LogP contribution in [0, 0.1) is 13.8 Å². The second-order valence-electron chi connectivity index (χ2n) is 14.9. The zero-order valence-corrected chi connectivity index (χ0v) is 34.5. The highest BCUT2D eigenvalue weighted by Crippen LogP contribution is 2.41. The Hall–Kier alpha value is -6.14. The summed E-state index contributed by atoms with van der Waals surface area (Å²) >= 11 is 12.2. The summed E-state index contributed by atoms with van der Waals surface area (Å²) in [6.45, 7) is 5.35. The zero-order valence-electron chi connectivity index (χ0n) is 32.9. The van der Waals surface area contributed by atoms with Crippen LogP contribution in [0.25, 0.3) is 0 Å². The van der Waals surface area contributed by atoms with E-state index in [1.165, 1.54) is 0 Å². The summed E-state index contributed by atoms with van der Waals surface area (Å²) < 4.78 is 24.8. The number of hydrogen-bond donors (Lipinski definition) is 2. The molecule has 0 fully saturated rings. The van der Waals surface area contributed by atoms with E-state index in [-0.39, 0.29) is 18.4 Å². The van der Waals surface area contributed by atoms with Crippen LogP contribution in [0.1, 0.15) is 50.7 Å². The number of aliphatic carboxylic acids is 1. The summed E-state index contributed by atoms with van der Waals surface area (Å²) in [6.07, 6.45) is 5.26. The lowest BCUT2D eigenvalue weighted by Crippen LogP contribution is -2.54. The molecular formula is C47H42Cl2N4O7. The van der Waals surface area contributed by atoms with Gasteiger partial charge in [-0.3, -0.25) is 19.7 Å². The number of hydrogen-bond acceptors (Lipinski definition) is 9. The second-order valence-corrected chi connectivity index (χ2v) is 15.8. The number of carboxylic acids is 1. The molecule has 2 N–H and O–H groups in total. The van der Waals surface area contributed by atoms with Crippen molar-refractivity contribution < 1.29 is 33.6 Å². The molecule has 8 rings (SSSR count). The Labute approximate surface area is 357 Å². The van der Waals surface area contributed by atoms with Crippen molar-refractivity contribution in [3.05, 3.63) is 170 Å². The molecule has 11 nitrogen and oxygen atoms in total. The number of aryl methyl sites for hydroxylation is 1. The van der Waals surface area contributed by atoms with Crippen LogP contribution in [0.3, 0.4) is 0 Å². The highest BCUT2D eigenvalue weighted by Gasteiger charge is 2.36.